The fourth-order valence-electron chi connectivity index (χ4n) is 2.63. The third-order valence-electron chi connectivity index (χ3n) is 3.61. The lowest BCUT2D eigenvalue weighted by Crippen LogP contribution is -2.13. The highest BCUT2D eigenvalue weighted by molar-refractivity contribution is 6.16. The molecule has 1 aromatic heterocycles. The van der Waals surface area contributed by atoms with Gasteiger partial charge >= 0.3 is 11.9 Å². The number of aromatic amines is 1. The van der Waals surface area contributed by atoms with Crippen LogP contribution in [0.5, 0.6) is 0 Å². The number of nitrogens with zero attached hydrogens (tertiary/aromatic N) is 2. The quantitative estimate of drug-likeness (QED) is 0.435. The van der Waals surface area contributed by atoms with E-state index in [-0.39, 0.29) is 18.7 Å². The fourth-order valence-corrected chi connectivity index (χ4v) is 2.63. The number of hydrogen-bond acceptors (Lipinski definition) is 8. The van der Waals surface area contributed by atoms with Crippen LogP contribution in [0.1, 0.15) is 40.3 Å². The minimum atomic E-state index is -1.52. The number of nitro benzene ring substituents is 2. The molecule has 0 aliphatic rings. The molecule has 0 saturated carbocycles. The van der Waals surface area contributed by atoms with Gasteiger partial charge in [-0.3, -0.25) is 20.2 Å². The van der Waals surface area contributed by atoms with Crippen LogP contribution in [0.4, 0.5) is 15.8 Å². The van der Waals surface area contributed by atoms with Gasteiger partial charge < -0.3 is 14.5 Å². The maximum Gasteiger partial charge on any atom is 0.355 e. The third kappa shape index (κ3) is 3.41. The van der Waals surface area contributed by atoms with Crippen LogP contribution in [-0.2, 0) is 16.1 Å². The molecule has 0 bridgehead atoms. The molecular weight excluding hydrogens is 369 g/mol. The maximum absolute atomic E-state index is 13.4. The number of halogens is 1. The number of alkyl halides is 1. The summed E-state index contributed by atoms with van der Waals surface area (Å²) in [6.07, 6.45) is 0. The summed E-state index contributed by atoms with van der Waals surface area (Å²) in [5, 5.41) is 22.3. The number of H-pyrrole nitrogens is 1. The highest BCUT2D eigenvalue weighted by Crippen LogP contribution is 2.40. The molecule has 27 heavy (non-hydrogen) atoms. The Labute approximate surface area is 150 Å². The van der Waals surface area contributed by atoms with Crippen LogP contribution in [0.25, 0.3) is 10.9 Å². The summed E-state index contributed by atoms with van der Waals surface area (Å²) < 4.78 is 23.1. The molecule has 1 N–H and O–H groups in total. The first kappa shape index (κ1) is 19.8. The lowest BCUT2D eigenvalue weighted by atomic mass is 10.0. The summed E-state index contributed by atoms with van der Waals surface area (Å²) in [4.78, 5) is 47.6. The van der Waals surface area contributed by atoms with Crippen molar-refractivity contribution in [1.29, 1.82) is 0 Å². The fraction of sp³-hybridized carbons (Fsp3) is 0.333. The van der Waals surface area contributed by atoms with E-state index in [1.165, 1.54) is 13.8 Å². The summed E-state index contributed by atoms with van der Waals surface area (Å²) in [7, 11) is 0. The highest BCUT2D eigenvalue weighted by atomic mass is 19.1. The molecule has 0 saturated heterocycles. The van der Waals surface area contributed by atoms with Gasteiger partial charge in [0.25, 0.3) is 11.4 Å². The summed E-state index contributed by atoms with van der Waals surface area (Å²) in [5.74, 6) is -2.11. The van der Waals surface area contributed by atoms with Crippen molar-refractivity contribution in [3.63, 3.8) is 0 Å². The standard InChI is InChI=1S/C15H14FN3O8/c1-3-26-14(20)11-10-8(17-12(11)15(21)27-4-2)5-9(18(22)23)7(6-16)13(10)19(24)25/h5,17H,3-4,6H2,1-2H3. The van der Waals surface area contributed by atoms with Crippen LogP contribution in [0.15, 0.2) is 6.07 Å². The van der Waals surface area contributed by atoms with Gasteiger partial charge in [0.1, 0.15) is 23.5 Å². The molecule has 0 spiro atoms. The van der Waals surface area contributed by atoms with Crippen molar-refractivity contribution in [1.82, 2.24) is 4.98 Å². The summed E-state index contributed by atoms with van der Waals surface area (Å²) in [6, 6.07) is 0.822. The van der Waals surface area contributed by atoms with Crippen molar-refractivity contribution in [3.05, 3.63) is 43.1 Å². The number of esters is 2. The zero-order chi connectivity index (χ0) is 20.3. The van der Waals surface area contributed by atoms with Crippen molar-refractivity contribution in [3.8, 4) is 0 Å². The number of carbonyl (C=O) groups excluding carboxylic acids is 2. The lowest BCUT2D eigenvalue weighted by Gasteiger charge is -2.06. The minimum absolute atomic E-state index is 0.0611. The Bertz CT molecular complexity index is 952. The van der Waals surface area contributed by atoms with Crippen LogP contribution in [-0.4, -0.2) is 40.0 Å². The van der Waals surface area contributed by atoms with E-state index in [2.05, 4.69) is 4.98 Å². The number of carbonyl (C=O) groups is 2. The molecule has 0 atom stereocenters. The predicted molar refractivity (Wildman–Crippen MR) is 88.3 cm³/mol. The van der Waals surface area contributed by atoms with Gasteiger partial charge in [0.15, 0.2) is 0 Å². The van der Waals surface area contributed by atoms with E-state index >= 15 is 0 Å². The number of benzene rings is 1. The molecule has 1 aromatic carbocycles. The Hall–Kier alpha value is -3.57. The van der Waals surface area contributed by atoms with Gasteiger partial charge in [-0.1, -0.05) is 0 Å². The van der Waals surface area contributed by atoms with E-state index in [0.29, 0.717) is 0 Å². The lowest BCUT2D eigenvalue weighted by molar-refractivity contribution is -0.394. The third-order valence-corrected chi connectivity index (χ3v) is 3.61. The van der Waals surface area contributed by atoms with Crippen molar-refractivity contribution in [2.75, 3.05) is 13.2 Å². The summed E-state index contributed by atoms with van der Waals surface area (Å²) in [5.41, 5.74) is -3.95. The van der Waals surface area contributed by atoms with Crippen molar-refractivity contribution >= 4 is 34.2 Å². The van der Waals surface area contributed by atoms with Crippen LogP contribution < -0.4 is 0 Å². The van der Waals surface area contributed by atoms with Gasteiger partial charge in [0.05, 0.1) is 34.0 Å². The van der Waals surface area contributed by atoms with Gasteiger partial charge in [-0.25, -0.2) is 14.0 Å². The van der Waals surface area contributed by atoms with Crippen LogP contribution >= 0.6 is 0 Å². The molecular formula is C15H14FN3O8. The Kier molecular flexibility index (Phi) is 5.68. The second-order valence-corrected chi connectivity index (χ2v) is 5.11. The van der Waals surface area contributed by atoms with E-state index < -0.39 is 62.0 Å². The Balaban J connectivity index is 3.02. The van der Waals surface area contributed by atoms with Crippen LogP contribution in [0.3, 0.4) is 0 Å². The van der Waals surface area contributed by atoms with E-state index in [9.17, 15) is 34.2 Å². The molecule has 2 aromatic rings. The predicted octanol–water partition coefficient (Wildman–Crippen LogP) is 2.81. The van der Waals surface area contributed by atoms with E-state index in [1.807, 2.05) is 0 Å². The van der Waals surface area contributed by atoms with Gasteiger partial charge in [0.2, 0.25) is 0 Å². The number of hydrogen-bond donors (Lipinski definition) is 1. The second kappa shape index (κ2) is 7.76. The number of ether oxygens (including phenoxy) is 2. The van der Waals surface area contributed by atoms with Gasteiger partial charge in [-0.15, -0.1) is 0 Å². The van der Waals surface area contributed by atoms with Gasteiger partial charge in [0, 0.05) is 6.07 Å². The molecule has 0 unspecified atom stereocenters. The zero-order valence-electron chi connectivity index (χ0n) is 14.2. The van der Waals surface area contributed by atoms with Crippen molar-refractivity contribution in [2.24, 2.45) is 0 Å². The first-order chi connectivity index (χ1) is 12.8. The summed E-state index contributed by atoms with van der Waals surface area (Å²) >= 11 is 0. The first-order valence-corrected chi connectivity index (χ1v) is 7.68. The Morgan fingerprint density at radius 3 is 2.19 bits per heavy atom. The average molecular weight is 383 g/mol. The molecule has 144 valence electrons. The van der Waals surface area contributed by atoms with Crippen molar-refractivity contribution < 1.29 is 33.3 Å². The summed E-state index contributed by atoms with van der Waals surface area (Å²) in [6.45, 7) is 1.28. The molecule has 12 heteroatoms. The SMILES string of the molecule is CCOC(=O)c1[nH]c2cc([N+](=O)[O-])c(CF)c([N+](=O)[O-])c2c1C(=O)OCC. The molecule has 0 aliphatic carbocycles. The number of nitrogens with one attached hydrogen (secondary N) is 1. The largest absolute Gasteiger partial charge is 0.462 e. The molecule has 2 rings (SSSR count). The molecule has 0 fully saturated rings. The Morgan fingerprint density at radius 1 is 1.11 bits per heavy atom. The zero-order valence-corrected chi connectivity index (χ0v) is 14.2. The second-order valence-electron chi connectivity index (χ2n) is 5.11. The monoisotopic (exact) mass is 383 g/mol. The van der Waals surface area contributed by atoms with Crippen LogP contribution in [0.2, 0.25) is 0 Å². The number of fused-ring (bicyclic) bond motifs is 1. The van der Waals surface area contributed by atoms with E-state index in [1.54, 1.807) is 0 Å². The highest BCUT2D eigenvalue weighted by Gasteiger charge is 2.36. The smallest absolute Gasteiger partial charge is 0.355 e. The molecule has 0 radical (unpaired) electrons. The number of rotatable bonds is 7. The molecule has 1 heterocycles. The minimum Gasteiger partial charge on any atom is -0.462 e. The van der Waals surface area contributed by atoms with Gasteiger partial charge in [-0.2, -0.15) is 0 Å². The number of aromatic nitrogens is 1. The topological polar surface area (TPSA) is 155 Å². The van der Waals surface area contributed by atoms with Crippen LogP contribution in [0, 0.1) is 20.2 Å². The number of nitro groups is 2. The average Bonchev–Trinajstić information content (AvgIpc) is 2.99. The first-order valence-electron chi connectivity index (χ1n) is 7.68. The van der Waals surface area contributed by atoms with Gasteiger partial charge in [-0.05, 0) is 13.8 Å². The van der Waals surface area contributed by atoms with E-state index in [4.69, 9.17) is 9.47 Å². The molecule has 0 amide bonds. The van der Waals surface area contributed by atoms with E-state index in [0.717, 1.165) is 6.07 Å². The molecule has 0 aliphatic heterocycles. The Morgan fingerprint density at radius 2 is 1.70 bits per heavy atom. The maximum atomic E-state index is 13.4. The molecule has 11 nitrogen and oxygen atoms in total. The van der Waals surface area contributed by atoms with Crippen molar-refractivity contribution in [2.45, 2.75) is 20.5 Å². The normalized spacial score (nSPS) is 10.6.